The van der Waals surface area contributed by atoms with E-state index in [9.17, 15) is 9.59 Å². The fourth-order valence-corrected chi connectivity index (χ4v) is 3.35. The van der Waals surface area contributed by atoms with Gasteiger partial charge in [-0.05, 0) is 6.07 Å². The summed E-state index contributed by atoms with van der Waals surface area (Å²) in [5.41, 5.74) is 1.76. The van der Waals surface area contributed by atoms with Crippen molar-refractivity contribution in [1.29, 1.82) is 0 Å². The molecule has 132 valence electrons. The molecule has 0 saturated heterocycles. The van der Waals surface area contributed by atoms with Gasteiger partial charge in [0.05, 0.1) is 20.4 Å². The third kappa shape index (κ3) is 3.40. The highest BCUT2D eigenvalue weighted by atomic mass is 32.1. The van der Waals surface area contributed by atoms with Crippen LogP contribution in [0.3, 0.4) is 0 Å². The highest BCUT2D eigenvalue weighted by Gasteiger charge is 2.24. The van der Waals surface area contributed by atoms with Crippen molar-refractivity contribution >= 4 is 28.2 Å². The number of nitrogens with zero attached hydrogens (tertiary/aromatic N) is 2. The molecule has 0 atom stereocenters. The van der Waals surface area contributed by atoms with Crippen LogP contribution in [0.5, 0.6) is 5.75 Å². The van der Waals surface area contributed by atoms with Crippen molar-refractivity contribution in [2.45, 2.75) is 0 Å². The van der Waals surface area contributed by atoms with Gasteiger partial charge in [-0.1, -0.05) is 18.2 Å². The lowest BCUT2D eigenvalue weighted by Crippen LogP contribution is -2.15. The first-order valence-electron chi connectivity index (χ1n) is 7.56. The molecule has 3 aromatic rings. The highest BCUT2D eigenvalue weighted by Crippen LogP contribution is 2.40. The van der Waals surface area contributed by atoms with E-state index in [0.29, 0.717) is 16.3 Å². The lowest BCUT2D eigenvalue weighted by Gasteiger charge is -2.10. The summed E-state index contributed by atoms with van der Waals surface area (Å²) in [5.74, 6) is -0.402. The molecule has 0 bridgehead atoms. The molecule has 0 aliphatic rings. The zero-order valence-electron chi connectivity index (χ0n) is 14.1. The Kier molecular flexibility index (Phi) is 5.23. The summed E-state index contributed by atoms with van der Waals surface area (Å²) in [7, 11) is 2.85. The van der Waals surface area contributed by atoms with Gasteiger partial charge < -0.3 is 14.8 Å². The van der Waals surface area contributed by atoms with E-state index >= 15 is 0 Å². The molecule has 8 heteroatoms. The third-order valence-electron chi connectivity index (χ3n) is 3.60. The topological polar surface area (TPSA) is 90.4 Å². The lowest BCUT2D eigenvalue weighted by molar-refractivity contribution is 0.0603. The average Bonchev–Trinajstić information content (AvgIpc) is 3.11. The largest absolute Gasteiger partial charge is 0.496 e. The van der Waals surface area contributed by atoms with Crippen LogP contribution in [-0.2, 0) is 4.74 Å². The number of amides is 1. The Hall–Kier alpha value is -3.26. The maximum absolute atomic E-state index is 12.4. The number of hydrogen-bond acceptors (Lipinski definition) is 7. The quantitative estimate of drug-likeness (QED) is 0.694. The number of esters is 1. The van der Waals surface area contributed by atoms with Crippen molar-refractivity contribution in [2.75, 3.05) is 19.5 Å². The van der Waals surface area contributed by atoms with Gasteiger partial charge in [0.1, 0.15) is 22.0 Å². The van der Waals surface area contributed by atoms with Gasteiger partial charge in [0.25, 0.3) is 5.91 Å². The number of thiophene rings is 1. The Morgan fingerprint density at radius 2 is 1.92 bits per heavy atom. The number of rotatable bonds is 5. The summed E-state index contributed by atoms with van der Waals surface area (Å²) in [5, 5.41) is 4.85. The minimum atomic E-state index is -0.554. The van der Waals surface area contributed by atoms with Gasteiger partial charge in [-0.3, -0.25) is 9.78 Å². The SMILES string of the molecule is COC(=O)c1c(-c2ccccc2OC)csc1NC(=O)c1cnccn1. The van der Waals surface area contributed by atoms with Crippen LogP contribution >= 0.6 is 11.3 Å². The smallest absolute Gasteiger partial charge is 0.341 e. The molecule has 1 N–H and O–H groups in total. The molecule has 0 saturated carbocycles. The van der Waals surface area contributed by atoms with Crippen LogP contribution in [0.25, 0.3) is 11.1 Å². The molecule has 0 aliphatic carbocycles. The van der Waals surface area contributed by atoms with E-state index in [1.54, 1.807) is 18.6 Å². The van der Waals surface area contributed by atoms with E-state index in [2.05, 4.69) is 15.3 Å². The molecule has 0 radical (unpaired) electrons. The molecule has 1 aromatic carbocycles. The first-order chi connectivity index (χ1) is 12.7. The van der Waals surface area contributed by atoms with Crippen LogP contribution in [0.15, 0.2) is 48.2 Å². The maximum atomic E-state index is 12.4. The van der Waals surface area contributed by atoms with Crippen LogP contribution in [0.2, 0.25) is 0 Å². The summed E-state index contributed by atoms with van der Waals surface area (Å²) in [6, 6.07) is 7.31. The number of methoxy groups -OCH3 is 2. The number of ether oxygens (including phenoxy) is 2. The van der Waals surface area contributed by atoms with Crippen molar-refractivity contribution in [2.24, 2.45) is 0 Å². The van der Waals surface area contributed by atoms with Crippen molar-refractivity contribution in [1.82, 2.24) is 9.97 Å². The van der Waals surface area contributed by atoms with Crippen LogP contribution in [0.4, 0.5) is 5.00 Å². The molecular weight excluding hydrogens is 354 g/mol. The molecule has 0 aliphatic heterocycles. The highest BCUT2D eigenvalue weighted by molar-refractivity contribution is 7.15. The molecule has 7 nitrogen and oxygen atoms in total. The van der Waals surface area contributed by atoms with E-state index < -0.39 is 11.9 Å². The Bertz CT molecular complexity index is 941. The molecule has 26 heavy (non-hydrogen) atoms. The van der Waals surface area contributed by atoms with Crippen molar-refractivity contribution < 1.29 is 19.1 Å². The van der Waals surface area contributed by atoms with Crippen LogP contribution in [0.1, 0.15) is 20.8 Å². The Morgan fingerprint density at radius 3 is 2.62 bits per heavy atom. The van der Waals surface area contributed by atoms with Crippen molar-refractivity contribution in [3.8, 4) is 16.9 Å². The van der Waals surface area contributed by atoms with Gasteiger partial charge in [0.2, 0.25) is 0 Å². The predicted molar refractivity (Wildman–Crippen MR) is 97.6 cm³/mol. The predicted octanol–water partition coefficient (Wildman–Crippen LogP) is 3.25. The van der Waals surface area contributed by atoms with Gasteiger partial charge in [0, 0.05) is 28.9 Å². The average molecular weight is 369 g/mol. The summed E-state index contributed by atoms with van der Waals surface area (Å²) >= 11 is 1.22. The minimum Gasteiger partial charge on any atom is -0.496 e. The Balaban J connectivity index is 2.03. The second-order valence-corrected chi connectivity index (χ2v) is 5.97. The second kappa shape index (κ2) is 7.75. The van der Waals surface area contributed by atoms with Crippen LogP contribution in [0, 0.1) is 0 Å². The van der Waals surface area contributed by atoms with Gasteiger partial charge >= 0.3 is 5.97 Å². The summed E-state index contributed by atoms with van der Waals surface area (Å²) in [6.45, 7) is 0. The van der Waals surface area contributed by atoms with E-state index in [4.69, 9.17) is 9.47 Å². The minimum absolute atomic E-state index is 0.149. The number of carbonyl (C=O) groups is 2. The molecule has 2 aromatic heterocycles. The fraction of sp³-hybridized carbons (Fsp3) is 0.111. The van der Waals surface area contributed by atoms with Gasteiger partial charge in [-0.2, -0.15) is 0 Å². The van der Waals surface area contributed by atoms with Crippen LogP contribution < -0.4 is 10.1 Å². The number of aromatic nitrogens is 2. The molecular formula is C18H15N3O4S. The van der Waals surface area contributed by atoms with Crippen molar-refractivity contribution in [3.63, 3.8) is 0 Å². The second-order valence-electron chi connectivity index (χ2n) is 5.09. The first kappa shape index (κ1) is 17.6. The molecule has 0 fully saturated rings. The van der Waals surface area contributed by atoms with E-state index in [1.807, 2.05) is 18.2 Å². The van der Waals surface area contributed by atoms with E-state index in [-0.39, 0.29) is 11.3 Å². The van der Waals surface area contributed by atoms with Gasteiger partial charge in [0.15, 0.2) is 0 Å². The number of benzene rings is 1. The number of anilines is 1. The Morgan fingerprint density at radius 1 is 1.12 bits per heavy atom. The summed E-state index contributed by atoms with van der Waals surface area (Å²) in [6.07, 6.45) is 4.24. The summed E-state index contributed by atoms with van der Waals surface area (Å²) in [4.78, 5) is 32.6. The third-order valence-corrected chi connectivity index (χ3v) is 4.50. The normalized spacial score (nSPS) is 10.2. The maximum Gasteiger partial charge on any atom is 0.341 e. The Labute approximate surface area is 153 Å². The zero-order chi connectivity index (χ0) is 18.5. The molecule has 0 spiro atoms. The number of para-hydroxylation sites is 1. The van der Waals surface area contributed by atoms with Gasteiger partial charge in [-0.15, -0.1) is 11.3 Å². The summed E-state index contributed by atoms with van der Waals surface area (Å²) < 4.78 is 10.3. The monoisotopic (exact) mass is 369 g/mol. The first-order valence-corrected chi connectivity index (χ1v) is 8.44. The number of carbonyl (C=O) groups excluding carboxylic acids is 2. The van der Waals surface area contributed by atoms with E-state index in [1.165, 1.54) is 37.0 Å². The number of nitrogens with one attached hydrogen (secondary N) is 1. The zero-order valence-corrected chi connectivity index (χ0v) is 14.9. The van der Waals surface area contributed by atoms with Crippen molar-refractivity contribution in [3.05, 3.63) is 59.5 Å². The fourth-order valence-electron chi connectivity index (χ4n) is 2.40. The van der Waals surface area contributed by atoms with E-state index in [0.717, 1.165) is 5.56 Å². The van der Waals surface area contributed by atoms with Crippen LogP contribution in [-0.4, -0.2) is 36.1 Å². The molecule has 1 amide bonds. The lowest BCUT2D eigenvalue weighted by atomic mass is 10.0. The molecule has 0 unspecified atom stereocenters. The van der Waals surface area contributed by atoms with Gasteiger partial charge in [-0.25, -0.2) is 9.78 Å². The molecule has 2 heterocycles. The number of hydrogen-bond donors (Lipinski definition) is 1. The standard InChI is InChI=1S/C18H15N3O4S/c1-24-14-6-4-3-5-11(14)12-10-26-17(15(12)18(23)25-2)21-16(22)13-9-19-7-8-20-13/h3-10H,1-2H3,(H,21,22). The molecule has 3 rings (SSSR count).